The topological polar surface area (TPSA) is 49.8 Å². The molecule has 0 saturated carbocycles. The molecule has 5 heteroatoms. The summed E-state index contributed by atoms with van der Waals surface area (Å²) in [5.74, 6) is 0. The highest BCUT2D eigenvalue weighted by Crippen LogP contribution is 2.30. The normalized spacial score (nSPS) is 11.3. The Balaban J connectivity index is 0.00000169. The van der Waals surface area contributed by atoms with Gasteiger partial charge in [0, 0.05) is 21.7 Å². The highest BCUT2D eigenvalue weighted by atomic mass is 35.5. The van der Waals surface area contributed by atoms with Gasteiger partial charge in [0.1, 0.15) is 0 Å². The number of hydrogen-bond acceptors (Lipinski definition) is 2. The first-order chi connectivity index (χ1) is 6.16. The number of halogens is 3. The second-order valence-electron chi connectivity index (χ2n) is 2.60. The average Bonchev–Trinajstić information content (AvgIpc) is 2.04. The average molecular weight is 252 g/mol. The minimum Gasteiger partial charge on any atom is -0.323 e. The molecule has 0 aromatic heterocycles. The molecule has 1 rings (SSSR count). The van der Waals surface area contributed by atoms with Gasteiger partial charge in [-0.25, -0.2) is 0 Å². The summed E-state index contributed by atoms with van der Waals surface area (Å²) in [6.45, 7) is 0. The summed E-state index contributed by atoms with van der Waals surface area (Å²) in [5, 5.41) is 9.48. The smallest absolute Gasteiger partial charge is 0.0641 e. The maximum Gasteiger partial charge on any atom is 0.0641 e. The van der Waals surface area contributed by atoms with E-state index in [9.17, 15) is 0 Å². The number of benzene rings is 1. The Bertz CT molecular complexity index is 326. The zero-order valence-electron chi connectivity index (χ0n) is 7.21. The van der Waals surface area contributed by atoms with Gasteiger partial charge in [-0.1, -0.05) is 29.3 Å². The molecule has 1 atom stereocenters. The Morgan fingerprint density at radius 3 is 2.29 bits per heavy atom. The molecule has 0 fully saturated rings. The summed E-state index contributed by atoms with van der Waals surface area (Å²) < 4.78 is 0. The van der Waals surface area contributed by atoms with Crippen LogP contribution in [0.15, 0.2) is 18.2 Å². The van der Waals surface area contributed by atoms with Crippen LogP contribution in [0.25, 0.3) is 0 Å². The molecule has 0 aliphatic carbocycles. The van der Waals surface area contributed by atoms with Crippen molar-refractivity contribution >= 4 is 35.6 Å². The van der Waals surface area contributed by atoms with Crippen molar-refractivity contribution in [3.05, 3.63) is 33.8 Å². The molecule has 0 aliphatic rings. The Hall–Kier alpha value is -0.460. The number of nitriles is 1. The molecule has 0 bridgehead atoms. The van der Waals surface area contributed by atoms with E-state index in [1.165, 1.54) is 0 Å². The van der Waals surface area contributed by atoms with Gasteiger partial charge in [0.05, 0.1) is 12.5 Å². The molecule has 76 valence electrons. The highest BCUT2D eigenvalue weighted by molar-refractivity contribution is 6.36. The molecule has 2 nitrogen and oxygen atoms in total. The van der Waals surface area contributed by atoms with E-state index in [-0.39, 0.29) is 18.8 Å². The summed E-state index contributed by atoms with van der Waals surface area (Å²) in [5.41, 5.74) is 6.36. The Kier molecular flexibility index (Phi) is 5.90. The van der Waals surface area contributed by atoms with Crippen LogP contribution in [0, 0.1) is 11.3 Å². The van der Waals surface area contributed by atoms with Gasteiger partial charge in [0.25, 0.3) is 0 Å². The maximum atomic E-state index is 8.46. The van der Waals surface area contributed by atoms with Crippen LogP contribution in [-0.4, -0.2) is 0 Å². The molecule has 0 unspecified atom stereocenters. The van der Waals surface area contributed by atoms with Gasteiger partial charge in [-0.2, -0.15) is 5.26 Å². The fraction of sp³-hybridized carbons (Fsp3) is 0.222. The lowest BCUT2D eigenvalue weighted by Gasteiger charge is -2.11. The van der Waals surface area contributed by atoms with E-state index in [0.717, 1.165) is 0 Å². The molecule has 14 heavy (non-hydrogen) atoms. The first-order valence-electron chi connectivity index (χ1n) is 3.73. The molecule has 2 N–H and O–H groups in total. The summed E-state index contributed by atoms with van der Waals surface area (Å²) in [7, 11) is 0. The van der Waals surface area contributed by atoms with Crippen molar-refractivity contribution in [2.75, 3.05) is 0 Å². The van der Waals surface area contributed by atoms with Crippen LogP contribution in [0.5, 0.6) is 0 Å². The van der Waals surface area contributed by atoms with Gasteiger partial charge >= 0.3 is 0 Å². The van der Waals surface area contributed by atoms with Gasteiger partial charge in [-0.3, -0.25) is 0 Å². The van der Waals surface area contributed by atoms with E-state index in [0.29, 0.717) is 15.6 Å². The number of nitrogens with two attached hydrogens (primary N) is 1. The third-order valence-electron chi connectivity index (χ3n) is 1.68. The van der Waals surface area contributed by atoms with Gasteiger partial charge in [0.15, 0.2) is 0 Å². The van der Waals surface area contributed by atoms with E-state index in [1.807, 2.05) is 6.07 Å². The fourth-order valence-electron chi connectivity index (χ4n) is 1.07. The zero-order valence-corrected chi connectivity index (χ0v) is 9.53. The van der Waals surface area contributed by atoms with Crippen molar-refractivity contribution in [1.82, 2.24) is 0 Å². The maximum absolute atomic E-state index is 8.46. The van der Waals surface area contributed by atoms with Crippen molar-refractivity contribution in [2.24, 2.45) is 5.73 Å². The van der Waals surface area contributed by atoms with Crippen LogP contribution in [0.2, 0.25) is 10.0 Å². The van der Waals surface area contributed by atoms with Crippen molar-refractivity contribution in [1.29, 1.82) is 5.26 Å². The third-order valence-corrected chi connectivity index (χ3v) is 2.34. The Labute approximate surface area is 99.0 Å². The monoisotopic (exact) mass is 250 g/mol. The van der Waals surface area contributed by atoms with Crippen molar-refractivity contribution in [2.45, 2.75) is 12.5 Å². The first-order valence-corrected chi connectivity index (χ1v) is 4.49. The predicted octanol–water partition coefficient (Wildman–Crippen LogP) is 3.33. The lowest BCUT2D eigenvalue weighted by molar-refractivity contribution is 0.749. The summed E-state index contributed by atoms with van der Waals surface area (Å²) >= 11 is 11.8. The van der Waals surface area contributed by atoms with Gasteiger partial charge < -0.3 is 5.73 Å². The van der Waals surface area contributed by atoms with E-state index >= 15 is 0 Å². The van der Waals surface area contributed by atoms with Gasteiger partial charge in [-0.05, 0) is 12.1 Å². The molecule has 0 spiro atoms. The van der Waals surface area contributed by atoms with E-state index in [1.54, 1.807) is 18.2 Å². The molecular weight excluding hydrogens is 242 g/mol. The van der Waals surface area contributed by atoms with Crippen molar-refractivity contribution in [3.8, 4) is 6.07 Å². The third kappa shape index (κ3) is 3.04. The second kappa shape index (κ2) is 6.10. The van der Waals surface area contributed by atoms with Crippen LogP contribution >= 0.6 is 35.6 Å². The predicted molar refractivity (Wildman–Crippen MR) is 60.9 cm³/mol. The summed E-state index contributed by atoms with van der Waals surface area (Å²) in [6, 6.07) is 6.73. The van der Waals surface area contributed by atoms with Crippen LogP contribution in [0.1, 0.15) is 18.0 Å². The molecule has 1 aromatic rings. The molecular formula is C9H9Cl3N2. The number of nitrogens with zero attached hydrogens (tertiary/aromatic N) is 1. The Morgan fingerprint density at radius 2 is 1.86 bits per heavy atom. The Morgan fingerprint density at radius 1 is 1.36 bits per heavy atom. The van der Waals surface area contributed by atoms with Crippen LogP contribution in [-0.2, 0) is 0 Å². The molecule has 0 saturated heterocycles. The molecule has 0 heterocycles. The quantitative estimate of drug-likeness (QED) is 0.876. The van der Waals surface area contributed by atoms with Crippen LogP contribution in [0.4, 0.5) is 0 Å². The molecule has 0 radical (unpaired) electrons. The van der Waals surface area contributed by atoms with Gasteiger partial charge in [0.2, 0.25) is 0 Å². The largest absolute Gasteiger partial charge is 0.323 e. The minimum absolute atomic E-state index is 0. The standard InChI is InChI=1S/C9H8Cl2N2.ClH/c10-6-2-1-3-7(11)9(6)8(13)4-5-12;/h1-3,8H,4,13H2;1H/t8-;/m0./s1. The minimum atomic E-state index is -0.411. The SMILES string of the molecule is Cl.N#CC[C@H](N)c1c(Cl)cccc1Cl. The van der Waals surface area contributed by atoms with Crippen molar-refractivity contribution in [3.63, 3.8) is 0 Å². The van der Waals surface area contributed by atoms with E-state index < -0.39 is 6.04 Å². The summed E-state index contributed by atoms with van der Waals surface area (Å²) in [6.07, 6.45) is 0.212. The van der Waals surface area contributed by atoms with Crippen molar-refractivity contribution < 1.29 is 0 Å². The summed E-state index contributed by atoms with van der Waals surface area (Å²) in [4.78, 5) is 0. The fourth-order valence-corrected chi connectivity index (χ4v) is 1.74. The van der Waals surface area contributed by atoms with Crippen LogP contribution in [0.3, 0.4) is 0 Å². The number of hydrogen-bond donors (Lipinski definition) is 1. The van der Waals surface area contributed by atoms with Crippen LogP contribution < -0.4 is 5.73 Å². The molecule has 1 aromatic carbocycles. The molecule has 0 aliphatic heterocycles. The number of rotatable bonds is 2. The first kappa shape index (κ1) is 13.5. The zero-order chi connectivity index (χ0) is 9.84. The molecule has 0 amide bonds. The lowest BCUT2D eigenvalue weighted by Crippen LogP contribution is -2.10. The van der Waals surface area contributed by atoms with E-state index in [2.05, 4.69) is 0 Å². The second-order valence-corrected chi connectivity index (χ2v) is 3.42. The van der Waals surface area contributed by atoms with Gasteiger partial charge in [-0.15, -0.1) is 12.4 Å². The highest BCUT2D eigenvalue weighted by Gasteiger charge is 2.12. The van der Waals surface area contributed by atoms with E-state index in [4.69, 9.17) is 34.2 Å². The lowest BCUT2D eigenvalue weighted by atomic mass is 10.1.